The molecule has 1 aromatic carbocycles. The van der Waals surface area contributed by atoms with Gasteiger partial charge in [0.05, 0.1) is 17.7 Å². The molecule has 2 heterocycles. The summed E-state index contributed by atoms with van der Waals surface area (Å²) in [6.45, 7) is 4.01. The number of hydrazine groups is 1. The highest BCUT2D eigenvalue weighted by Crippen LogP contribution is 2.25. The van der Waals surface area contributed by atoms with Crippen molar-refractivity contribution >= 4 is 34.9 Å². The van der Waals surface area contributed by atoms with Crippen LogP contribution in [0.3, 0.4) is 0 Å². The normalized spacial score (nSPS) is 10.6. The highest BCUT2D eigenvalue weighted by molar-refractivity contribution is 7.99. The van der Waals surface area contributed by atoms with Gasteiger partial charge in [-0.25, -0.2) is 0 Å². The minimum absolute atomic E-state index is 0.0273. The third-order valence-corrected chi connectivity index (χ3v) is 6.04. The van der Waals surface area contributed by atoms with Crippen LogP contribution in [0.15, 0.2) is 35.5 Å². The van der Waals surface area contributed by atoms with E-state index >= 15 is 0 Å². The molecule has 0 aliphatic rings. The van der Waals surface area contributed by atoms with Gasteiger partial charge in [0.1, 0.15) is 11.4 Å². The Morgan fingerprint density at radius 3 is 2.79 bits per heavy atom. The van der Waals surface area contributed by atoms with Crippen LogP contribution in [0.4, 0.5) is 0 Å². The van der Waals surface area contributed by atoms with E-state index in [9.17, 15) is 9.59 Å². The molecule has 29 heavy (non-hydrogen) atoms. The first-order valence-electron chi connectivity index (χ1n) is 8.76. The second-order valence-electron chi connectivity index (χ2n) is 5.88. The van der Waals surface area contributed by atoms with Crippen LogP contribution in [0.25, 0.3) is 5.69 Å². The zero-order valence-corrected chi connectivity index (χ0v) is 17.8. The maximum absolute atomic E-state index is 12.2. The number of carbonyl (C=O) groups is 2. The average Bonchev–Trinajstić information content (AvgIpc) is 3.36. The number of nitrogens with one attached hydrogen (secondary N) is 2. The molecule has 11 heteroatoms. The van der Waals surface area contributed by atoms with Gasteiger partial charge in [0.15, 0.2) is 0 Å². The van der Waals surface area contributed by atoms with Crippen LogP contribution in [0.5, 0.6) is 5.75 Å². The first-order chi connectivity index (χ1) is 14.0. The van der Waals surface area contributed by atoms with Gasteiger partial charge in [-0.2, -0.15) is 4.68 Å². The molecular weight excluding hydrogens is 412 g/mol. The first-order valence-corrected chi connectivity index (χ1v) is 10.6. The molecule has 3 rings (SSSR count). The van der Waals surface area contributed by atoms with Gasteiger partial charge in [0.25, 0.3) is 5.91 Å². The molecule has 2 N–H and O–H groups in total. The minimum Gasteiger partial charge on any atom is -0.494 e. The summed E-state index contributed by atoms with van der Waals surface area (Å²) in [6, 6.07) is 9.13. The number of carbonyl (C=O) groups excluding carboxylic acids is 2. The SMILES string of the molecule is CCc1cc(C(=O)NNC(=O)CSc2nnnn2-c2ccccc2OC)sc1C. The Balaban J connectivity index is 1.56. The summed E-state index contributed by atoms with van der Waals surface area (Å²) in [5.41, 5.74) is 6.65. The molecule has 0 saturated carbocycles. The minimum atomic E-state index is -0.373. The number of aromatic nitrogens is 4. The molecule has 0 aliphatic heterocycles. The van der Waals surface area contributed by atoms with Crippen LogP contribution >= 0.6 is 23.1 Å². The number of hydrogen-bond acceptors (Lipinski definition) is 8. The molecule has 0 atom stereocenters. The number of methoxy groups -OCH3 is 1. The van der Waals surface area contributed by atoms with Crippen molar-refractivity contribution in [1.29, 1.82) is 0 Å². The fourth-order valence-corrected chi connectivity index (χ4v) is 4.25. The predicted molar refractivity (Wildman–Crippen MR) is 110 cm³/mol. The van der Waals surface area contributed by atoms with Crippen molar-refractivity contribution in [2.45, 2.75) is 25.4 Å². The van der Waals surface area contributed by atoms with E-state index in [1.807, 2.05) is 38.1 Å². The van der Waals surface area contributed by atoms with Crippen molar-refractivity contribution in [2.24, 2.45) is 0 Å². The maximum Gasteiger partial charge on any atom is 0.279 e. The summed E-state index contributed by atoms with van der Waals surface area (Å²) < 4.78 is 6.82. The van der Waals surface area contributed by atoms with Gasteiger partial charge in [-0.15, -0.1) is 16.4 Å². The number of para-hydroxylation sites is 2. The summed E-state index contributed by atoms with van der Waals surface area (Å²) in [6.07, 6.45) is 0.861. The zero-order valence-electron chi connectivity index (χ0n) is 16.1. The molecule has 0 bridgehead atoms. The molecule has 0 unspecified atom stereocenters. The van der Waals surface area contributed by atoms with Crippen molar-refractivity contribution in [2.75, 3.05) is 12.9 Å². The van der Waals surface area contributed by atoms with E-state index in [0.717, 1.165) is 28.6 Å². The first kappa shape index (κ1) is 20.8. The third kappa shape index (κ3) is 4.93. The number of tetrazole rings is 1. The van der Waals surface area contributed by atoms with E-state index in [4.69, 9.17) is 4.74 Å². The number of hydrogen-bond donors (Lipinski definition) is 2. The Bertz CT molecular complexity index is 1020. The number of ether oxygens (including phenoxy) is 1. The van der Waals surface area contributed by atoms with Gasteiger partial charge in [-0.05, 0) is 47.5 Å². The van der Waals surface area contributed by atoms with E-state index in [-0.39, 0.29) is 17.6 Å². The predicted octanol–water partition coefficient (Wildman–Crippen LogP) is 2.16. The van der Waals surface area contributed by atoms with Crippen LogP contribution in [-0.4, -0.2) is 44.9 Å². The van der Waals surface area contributed by atoms with E-state index in [2.05, 4.69) is 26.4 Å². The fourth-order valence-electron chi connectivity index (χ4n) is 2.56. The van der Waals surface area contributed by atoms with E-state index in [0.29, 0.717) is 21.5 Å². The lowest BCUT2D eigenvalue weighted by atomic mass is 10.2. The molecule has 9 nitrogen and oxygen atoms in total. The number of thioether (sulfide) groups is 1. The lowest BCUT2D eigenvalue weighted by Gasteiger charge is -2.09. The molecule has 152 valence electrons. The maximum atomic E-state index is 12.2. The van der Waals surface area contributed by atoms with Gasteiger partial charge in [0.2, 0.25) is 11.1 Å². The molecule has 0 radical (unpaired) electrons. The summed E-state index contributed by atoms with van der Waals surface area (Å²) in [4.78, 5) is 26.0. The van der Waals surface area contributed by atoms with Gasteiger partial charge in [-0.1, -0.05) is 30.8 Å². The Morgan fingerprint density at radius 2 is 2.07 bits per heavy atom. The second kappa shape index (κ2) is 9.52. The number of amides is 2. The molecule has 2 amide bonds. The van der Waals surface area contributed by atoms with Crippen LogP contribution in [0.1, 0.15) is 27.0 Å². The zero-order chi connectivity index (χ0) is 20.8. The monoisotopic (exact) mass is 432 g/mol. The quantitative estimate of drug-likeness (QED) is 0.435. The molecule has 0 saturated heterocycles. The fraction of sp³-hybridized carbons (Fsp3) is 0.278. The summed E-state index contributed by atoms with van der Waals surface area (Å²) in [5, 5.41) is 12.0. The van der Waals surface area contributed by atoms with Gasteiger partial charge < -0.3 is 4.74 Å². The summed E-state index contributed by atoms with van der Waals surface area (Å²) >= 11 is 2.55. The van der Waals surface area contributed by atoms with Crippen molar-refractivity contribution < 1.29 is 14.3 Å². The molecule has 2 aromatic heterocycles. The lowest BCUT2D eigenvalue weighted by molar-refractivity contribution is -0.119. The Labute approximate surface area is 175 Å². The summed E-state index contributed by atoms with van der Waals surface area (Å²) in [7, 11) is 1.56. The van der Waals surface area contributed by atoms with Crippen molar-refractivity contribution in [1.82, 2.24) is 31.1 Å². The Kier molecular flexibility index (Phi) is 6.83. The molecular formula is C18H20N6O3S2. The Hall–Kier alpha value is -2.92. The number of nitrogens with zero attached hydrogens (tertiary/aromatic N) is 4. The highest BCUT2D eigenvalue weighted by atomic mass is 32.2. The molecule has 0 fully saturated rings. The molecule has 0 aliphatic carbocycles. The van der Waals surface area contributed by atoms with Crippen LogP contribution in [0, 0.1) is 6.92 Å². The highest BCUT2D eigenvalue weighted by Gasteiger charge is 2.16. The largest absolute Gasteiger partial charge is 0.494 e. The van der Waals surface area contributed by atoms with Crippen molar-refractivity contribution in [3.05, 3.63) is 45.6 Å². The topological polar surface area (TPSA) is 111 Å². The molecule has 0 spiro atoms. The van der Waals surface area contributed by atoms with E-state index < -0.39 is 0 Å². The number of rotatable bonds is 7. The van der Waals surface area contributed by atoms with Gasteiger partial charge >= 0.3 is 0 Å². The van der Waals surface area contributed by atoms with Crippen molar-refractivity contribution in [3.8, 4) is 11.4 Å². The third-order valence-electron chi connectivity index (χ3n) is 4.03. The van der Waals surface area contributed by atoms with E-state index in [1.165, 1.54) is 16.0 Å². The van der Waals surface area contributed by atoms with Gasteiger partial charge in [0, 0.05) is 4.88 Å². The van der Waals surface area contributed by atoms with Crippen LogP contribution < -0.4 is 15.6 Å². The standard InChI is InChI=1S/C18H20N6O3S2/c1-4-12-9-15(29-11(12)2)17(26)20-19-16(25)10-28-18-21-22-23-24(18)13-7-5-6-8-14(13)27-3/h5-9H,4,10H2,1-3H3,(H,19,25)(H,20,26). The summed E-state index contributed by atoms with van der Waals surface area (Å²) in [5.74, 6) is -0.0765. The average molecular weight is 433 g/mol. The smallest absolute Gasteiger partial charge is 0.279 e. The number of thiophene rings is 1. The number of aryl methyl sites for hydroxylation is 2. The number of benzene rings is 1. The van der Waals surface area contributed by atoms with Crippen molar-refractivity contribution in [3.63, 3.8) is 0 Å². The van der Waals surface area contributed by atoms with Gasteiger partial charge in [-0.3, -0.25) is 20.4 Å². The van der Waals surface area contributed by atoms with Crippen LogP contribution in [-0.2, 0) is 11.2 Å². The second-order valence-corrected chi connectivity index (χ2v) is 8.08. The molecule has 3 aromatic rings. The van der Waals surface area contributed by atoms with Crippen LogP contribution in [0.2, 0.25) is 0 Å². The van der Waals surface area contributed by atoms with E-state index in [1.54, 1.807) is 13.2 Å². The Morgan fingerprint density at radius 1 is 1.28 bits per heavy atom. The lowest BCUT2D eigenvalue weighted by Crippen LogP contribution is -2.42.